The van der Waals surface area contributed by atoms with Crippen molar-refractivity contribution >= 4 is 0 Å². The standard InChI is InChI=1S/C10H19N3O2/c1-4-5-7(2)10-12-9(13-15-10)8(11)6-14-3/h7-8H,4-6,11H2,1-3H3. The van der Waals surface area contributed by atoms with Gasteiger partial charge < -0.3 is 15.0 Å². The molecular formula is C10H19N3O2. The van der Waals surface area contributed by atoms with Gasteiger partial charge in [0.15, 0.2) is 5.82 Å². The summed E-state index contributed by atoms with van der Waals surface area (Å²) in [6.45, 7) is 4.61. The summed E-state index contributed by atoms with van der Waals surface area (Å²) in [4.78, 5) is 4.26. The van der Waals surface area contributed by atoms with Crippen LogP contribution in [-0.4, -0.2) is 23.9 Å². The summed E-state index contributed by atoms with van der Waals surface area (Å²) in [6, 6.07) is -0.304. The second kappa shape index (κ2) is 5.82. The van der Waals surface area contributed by atoms with Crippen molar-refractivity contribution in [1.29, 1.82) is 0 Å². The third kappa shape index (κ3) is 3.28. The predicted molar refractivity (Wildman–Crippen MR) is 56.4 cm³/mol. The third-order valence-corrected chi connectivity index (χ3v) is 2.28. The van der Waals surface area contributed by atoms with Crippen molar-refractivity contribution < 1.29 is 9.26 Å². The summed E-state index contributed by atoms with van der Waals surface area (Å²) in [7, 11) is 1.60. The Kier molecular flexibility index (Phi) is 4.71. The van der Waals surface area contributed by atoms with E-state index in [1.54, 1.807) is 7.11 Å². The summed E-state index contributed by atoms with van der Waals surface area (Å²) in [5.74, 6) is 1.49. The van der Waals surface area contributed by atoms with Gasteiger partial charge in [-0.05, 0) is 6.42 Å². The van der Waals surface area contributed by atoms with Crippen LogP contribution in [0.1, 0.15) is 50.4 Å². The highest BCUT2D eigenvalue weighted by atomic mass is 16.5. The van der Waals surface area contributed by atoms with Gasteiger partial charge in [-0.3, -0.25) is 0 Å². The molecule has 0 saturated carbocycles. The van der Waals surface area contributed by atoms with Gasteiger partial charge in [-0.1, -0.05) is 25.4 Å². The van der Waals surface area contributed by atoms with Crippen LogP contribution >= 0.6 is 0 Å². The maximum Gasteiger partial charge on any atom is 0.229 e. The van der Waals surface area contributed by atoms with Gasteiger partial charge in [0.2, 0.25) is 5.89 Å². The smallest absolute Gasteiger partial charge is 0.229 e. The average molecular weight is 213 g/mol. The number of ether oxygens (including phenoxy) is 1. The lowest BCUT2D eigenvalue weighted by atomic mass is 10.1. The summed E-state index contributed by atoms with van der Waals surface area (Å²) < 4.78 is 10.1. The van der Waals surface area contributed by atoms with Gasteiger partial charge >= 0.3 is 0 Å². The first-order valence-corrected chi connectivity index (χ1v) is 5.27. The van der Waals surface area contributed by atoms with Gasteiger partial charge in [0.05, 0.1) is 12.6 Å². The van der Waals surface area contributed by atoms with Crippen molar-refractivity contribution in [3.63, 3.8) is 0 Å². The molecular weight excluding hydrogens is 194 g/mol. The number of nitrogens with zero attached hydrogens (tertiary/aromatic N) is 2. The van der Waals surface area contributed by atoms with Crippen LogP contribution in [0.25, 0.3) is 0 Å². The van der Waals surface area contributed by atoms with Gasteiger partial charge in [0.25, 0.3) is 0 Å². The Labute approximate surface area is 90.0 Å². The molecule has 0 aliphatic rings. The van der Waals surface area contributed by atoms with Crippen molar-refractivity contribution in [3.05, 3.63) is 11.7 Å². The lowest BCUT2D eigenvalue weighted by Gasteiger charge is -2.04. The van der Waals surface area contributed by atoms with Crippen LogP contribution in [0.3, 0.4) is 0 Å². The van der Waals surface area contributed by atoms with Crippen molar-refractivity contribution in [3.8, 4) is 0 Å². The number of hydrogen-bond acceptors (Lipinski definition) is 5. The first-order valence-electron chi connectivity index (χ1n) is 5.27. The van der Waals surface area contributed by atoms with E-state index >= 15 is 0 Å². The predicted octanol–water partition coefficient (Wildman–Crippen LogP) is 1.62. The topological polar surface area (TPSA) is 74.2 Å². The zero-order chi connectivity index (χ0) is 11.3. The molecule has 0 aromatic carbocycles. The summed E-state index contributed by atoms with van der Waals surface area (Å²) in [5, 5.41) is 3.85. The van der Waals surface area contributed by atoms with E-state index in [2.05, 4.69) is 24.0 Å². The number of hydrogen-bond donors (Lipinski definition) is 1. The molecule has 0 amide bonds. The fourth-order valence-corrected chi connectivity index (χ4v) is 1.41. The Morgan fingerprint density at radius 2 is 2.27 bits per heavy atom. The zero-order valence-electron chi connectivity index (χ0n) is 9.56. The van der Waals surface area contributed by atoms with Gasteiger partial charge in [0, 0.05) is 13.0 Å². The van der Waals surface area contributed by atoms with Crippen molar-refractivity contribution in [2.24, 2.45) is 5.73 Å². The monoisotopic (exact) mass is 213 g/mol. The third-order valence-electron chi connectivity index (χ3n) is 2.28. The number of aromatic nitrogens is 2. The van der Waals surface area contributed by atoms with E-state index < -0.39 is 0 Å². The van der Waals surface area contributed by atoms with E-state index in [9.17, 15) is 0 Å². The van der Waals surface area contributed by atoms with Crippen LogP contribution in [0.4, 0.5) is 0 Å². The molecule has 15 heavy (non-hydrogen) atoms. The van der Waals surface area contributed by atoms with Gasteiger partial charge in [0.1, 0.15) is 0 Å². The summed E-state index contributed by atoms with van der Waals surface area (Å²) in [5.41, 5.74) is 5.78. The fourth-order valence-electron chi connectivity index (χ4n) is 1.41. The fraction of sp³-hybridized carbons (Fsp3) is 0.800. The molecule has 1 aromatic heterocycles. The number of methoxy groups -OCH3 is 1. The lowest BCUT2D eigenvalue weighted by Crippen LogP contribution is -2.17. The van der Waals surface area contributed by atoms with Crippen LogP contribution in [0.2, 0.25) is 0 Å². The van der Waals surface area contributed by atoms with Crippen LogP contribution < -0.4 is 5.73 Å². The van der Waals surface area contributed by atoms with E-state index in [-0.39, 0.29) is 6.04 Å². The molecule has 1 heterocycles. The lowest BCUT2D eigenvalue weighted by molar-refractivity contribution is 0.177. The van der Waals surface area contributed by atoms with E-state index in [0.717, 1.165) is 12.8 Å². The first-order chi connectivity index (χ1) is 7.19. The van der Waals surface area contributed by atoms with Crippen molar-refractivity contribution in [1.82, 2.24) is 10.1 Å². The van der Waals surface area contributed by atoms with Gasteiger partial charge in [-0.2, -0.15) is 4.98 Å². The molecule has 1 rings (SSSR count). The molecule has 0 saturated heterocycles. The average Bonchev–Trinajstić information content (AvgIpc) is 2.67. The number of rotatable bonds is 6. The molecule has 2 unspecified atom stereocenters. The van der Waals surface area contributed by atoms with Gasteiger partial charge in [-0.15, -0.1) is 0 Å². The summed E-state index contributed by atoms with van der Waals surface area (Å²) >= 11 is 0. The van der Waals surface area contributed by atoms with E-state index in [0.29, 0.717) is 24.2 Å². The molecule has 0 radical (unpaired) electrons. The van der Waals surface area contributed by atoms with Gasteiger partial charge in [-0.25, -0.2) is 0 Å². The molecule has 0 fully saturated rings. The maximum absolute atomic E-state index is 5.78. The molecule has 1 aromatic rings. The van der Waals surface area contributed by atoms with Crippen molar-refractivity contribution in [2.75, 3.05) is 13.7 Å². The minimum Gasteiger partial charge on any atom is -0.383 e. The highest BCUT2D eigenvalue weighted by Crippen LogP contribution is 2.19. The Bertz CT molecular complexity index is 261. The van der Waals surface area contributed by atoms with Crippen LogP contribution in [0.5, 0.6) is 0 Å². The molecule has 86 valence electrons. The minimum atomic E-state index is -0.304. The van der Waals surface area contributed by atoms with Crippen LogP contribution in [0.15, 0.2) is 4.52 Å². The Morgan fingerprint density at radius 3 is 2.87 bits per heavy atom. The Morgan fingerprint density at radius 1 is 1.53 bits per heavy atom. The van der Waals surface area contributed by atoms with Crippen LogP contribution in [-0.2, 0) is 4.74 Å². The molecule has 2 N–H and O–H groups in total. The summed E-state index contributed by atoms with van der Waals surface area (Å²) in [6.07, 6.45) is 2.14. The Hall–Kier alpha value is -0.940. The number of nitrogens with two attached hydrogens (primary N) is 1. The van der Waals surface area contributed by atoms with E-state index in [1.165, 1.54) is 0 Å². The second-order valence-electron chi connectivity index (χ2n) is 3.74. The normalized spacial score (nSPS) is 15.2. The highest BCUT2D eigenvalue weighted by molar-refractivity contribution is 4.96. The van der Waals surface area contributed by atoms with E-state index in [1.807, 2.05) is 0 Å². The zero-order valence-corrected chi connectivity index (χ0v) is 9.56. The molecule has 5 heteroatoms. The van der Waals surface area contributed by atoms with Crippen LogP contribution in [0, 0.1) is 0 Å². The molecule has 2 atom stereocenters. The molecule has 5 nitrogen and oxygen atoms in total. The van der Waals surface area contributed by atoms with E-state index in [4.69, 9.17) is 15.0 Å². The highest BCUT2D eigenvalue weighted by Gasteiger charge is 2.17. The molecule has 0 aliphatic carbocycles. The Balaban J connectivity index is 2.62. The minimum absolute atomic E-state index is 0.297. The second-order valence-corrected chi connectivity index (χ2v) is 3.74. The molecule has 0 spiro atoms. The first kappa shape index (κ1) is 12.1. The SMILES string of the molecule is CCCC(C)c1nc(C(N)COC)no1. The largest absolute Gasteiger partial charge is 0.383 e. The van der Waals surface area contributed by atoms with Crippen molar-refractivity contribution in [2.45, 2.75) is 38.6 Å². The quantitative estimate of drug-likeness (QED) is 0.777. The molecule has 0 aliphatic heterocycles. The maximum atomic E-state index is 5.78. The molecule has 0 bridgehead atoms.